The van der Waals surface area contributed by atoms with Crippen LogP contribution >= 0.6 is 11.3 Å². The summed E-state index contributed by atoms with van der Waals surface area (Å²) in [5.41, 5.74) is 0.711. The minimum Gasteiger partial charge on any atom is -0.477 e. The van der Waals surface area contributed by atoms with E-state index in [1.165, 1.54) is 43.4 Å². The molecule has 0 spiro atoms. The first-order valence-corrected chi connectivity index (χ1v) is 7.87. The second kappa shape index (κ2) is 6.37. The topological polar surface area (TPSA) is 53.4 Å². The van der Waals surface area contributed by atoms with E-state index in [1.54, 1.807) is 0 Å². The van der Waals surface area contributed by atoms with Crippen LogP contribution in [-0.4, -0.2) is 29.7 Å². The summed E-state index contributed by atoms with van der Waals surface area (Å²) in [6.45, 7) is 2.95. The van der Waals surface area contributed by atoms with Crippen molar-refractivity contribution in [2.75, 3.05) is 18.5 Å². The molecule has 0 atom stereocenters. The molecule has 0 bridgehead atoms. The first-order valence-electron chi connectivity index (χ1n) is 7.06. The van der Waals surface area contributed by atoms with Crippen LogP contribution in [0.2, 0.25) is 0 Å². The van der Waals surface area contributed by atoms with Gasteiger partial charge in [-0.1, -0.05) is 37.5 Å². The summed E-state index contributed by atoms with van der Waals surface area (Å²) in [7, 11) is 2.03. The number of anilines is 1. The Kier molecular flexibility index (Phi) is 4.80. The molecule has 1 aliphatic rings. The highest BCUT2D eigenvalue weighted by atomic mass is 32.1. The van der Waals surface area contributed by atoms with Gasteiger partial charge in [0.05, 0.1) is 5.69 Å². The zero-order valence-electron chi connectivity index (χ0n) is 11.7. The third kappa shape index (κ3) is 3.47. The molecule has 1 aromatic heterocycles. The number of hydrogen-bond acceptors (Lipinski definition) is 4. The predicted octanol–water partition coefficient (Wildman–Crippen LogP) is 3.42. The number of thiazole rings is 1. The summed E-state index contributed by atoms with van der Waals surface area (Å²) in [6.07, 6.45) is 7.29. The summed E-state index contributed by atoms with van der Waals surface area (Å²) >= 11 is 1.30. The van der Waals surface area contributed by atoms with Crippen LogP contribution in [0.4, 0.5) is 5.13 Å². The van der Waals surface area contributed by atoms with Gasteiger partial charge in [0.1, 0.15) is 4.88 Å². The third-order valence-corrected chi connectivity index (χ3v) is 5.00. The largest absolute Gasteiger partial charge is 0.477 e. The van der Waals surface area contributed by atoms with Gasteiger partial charge in [0.25, 0.3) is 0 Å². The second-order valence-corrected chi connectivity index (χ2v) is 6.29. The molecule has 1 aromatic rings. The van der Waals surface area contributed by atoms with E-state index in [1.807, 2.05) is 14.0 Å². The van der Waals surface area contributed by atoms with E-state index in [0.717, 1.165) is 17.6 Å². The van der Waals surface area contributed by atoms with Crippen LogP contribution in [0.5, 0.6) is 0 Å². The first kappa shape index (κ1) is 14.3. The molecule has 0 aliphatic heterocycles. The predicted molar refractivity (Wildman–Crippen MR) is 78.3 cm³/mol. The quantitative estimate of drug-likeness (QED) is 0.899. The Labute approximate surface area is 118 Å². The maximum absolute atomic E-state index is 11.2. The molecule has 5 heteroatoms. The summed E-state index contributed by atoms with van der Waals surface area (Å²) in [5, 5.41) is 10.0. The van der Waals surface area contributed by atoms with Crippen LogP contribution < -0.4 is 4.90 Å². The molecule has 19 heavy (non-hydrogen) atoms. The van der Waals surface area contributed by atoms with Crippen LogP contribution in [0.25, 0.3) is 0 Å². The number of aromatic nitrogens is 1. The van der Waals surface area contributed by atoms with Gasteiger partial charge in [-0.3, -0.25) is 0 Å². The van der Waals surface area contributed by atoms with E-state index in [2.05, 4.69) is 9.88 Å². The van der Waals surface area contributed by atoms with E-state index in [9.17, 15) is 4.79 Å². The van der Waals surface area contributed by atoms with Gasteiger partial charge in [-0.2, -0.15) is 0 Å². The summed E-state index contributed by atoms with van der Waals surface area (Å²) in [6, 6.07) is 0. The van der Waals surface area contributed by atoms with Crippen molar-refractivity contribution in [1.29, 1.82) is 0 Å². The van der Waals surface area contributed by atoms with Crippen molar-refractivity contribution in [2.45, 2.75) is 45.4 Å². The maximum atomic E-state index is 11.2. The SMILES string of the molecule is CCc1nc(N(C)CC2CCCCC2)sc1C(=O)O. The van der Waals surface area contributed by atoms with E-state index in [-0.39, 0.29) is 0 Å². The Balaban J connectivity index is 2.05. The lowest BCUT2D eigenvalue weighted by Crippen LogP contribution is -2.26. The van der Waals surface area contributed by atoms with Crippen LogP contribution in [0.3, 0.4) is 0 Å². The lowest BCUT2D eigenvalue weighted by molar-refractivity contribution is 0.0701. The number of aromatic carboxylic acids is 1. The molecule has 1 heterocycles. The van der Waals surface area contributed by atoms with Crippen molar-refractivity contribution in [2.24, 2.45) is 5.92 Å². The molecule has 0 aromatic carbocycles. The molecule has 0 unspecified atom stereocenters. The number of aryl methyl sites for hydroxylation is 1. The first-order chi connectivity index (χ1) is 9.11. The van der Waals surface area contributed by atoms with Crippen molar-refractivity contribution in [3.63, 3.8) is 0 Å². The summed E-state index contributed by atoms with van der Waals surface area (Å²) in [5.74, 6) is -0.118. The standard InChI is InChI=1S/C14H22N2O2S/c1-3-11-12(13(17)18)19-14(15-11)16(2)9-10-7-5-4-6-8-10/h10H,3-9H2,1-2H3,(H,17,18). The van der Waals surface area contributed by atoms with E-state index < -0.39 is 5.97 Å². The van der Waals surface area contributed by atoms with Crippen molar-refractivity contribution in [3.05, 3.63) is 10.6 Å². The molecule has 0 saturated heterocycles. The van der Waals surface area contributed by atoms with Gasteiger partial charge in [-0.05, 0) is 25.2 Å². The number of rotatable bonds is 5. The van der Waals surface area contributed by atoms with E-state index in [0.29, 0.717) is 17.0 Å². The molecule has 2 rings (SSSR count). The summed E-state index contributed by atoms with van der Waals surface area (Å²) < 4.78 is 0. The van der Waals surface area contributed by atoms with Gasteiger partial charge in [-0.15, -0.1) is 0 Å². The molecule has 4 nitrogen and oxygen atoms in total. The zero-order valence-corrected chi connectivity index (χ0v) is 12.5. The fourth-order valence-electron chi connectivity index (χ4n) is 2.74. The molecule has 0 radical (unpaired) electrons. The smallest absolute Gasteiger partial charge is 0.347 e. The fraction of sp³-hybridized carbons (Fsp3) is 0.714. The molecule has 1 saturated carbocycles. The molecule has 0 amide bonds. The lowest BCUT2D eigenvalue weighted by Gasteiger charge is -2.26. The number of carboxylic acid groups (broad SMARTS) is 1. The van der Waals surface area contributed by atoms with Crippen molar-refractivity contribution >= 4 is 22.4 Å². The van der Waals surface area contributed by atoms with Crippen LogP contribution in [-0.2, 0) is 6.42 Å². The lowest BCUT2D eigenvalue weighted by atomic mass is 9.89. The van der Waals surface area contributed by atoms with Gasteiger partial charge in [0.15, 0.2) is 5.13 Å². The Hall–Kier alpha value is -1.10. The number of nitrogens with zero attached hydrogens (tertiary/aromatic N) is 2. The Bertz CT molecular complexity index is 439. The highest BCUT2D eigenvalue weighted by molar-refractivity contribution is 7.17. The monoisotopic (exact) mass is 282 g/mol. The molecular formula is C14H22N2O2S. The third-order valence-electron chi connectivity index (χ3n) is 3.80. The van der Waals surface area contributed by atoms with Gasteiger partial charge < -0.3 is 10.0 Å². The highest BCUT2D eigenvalue weighted by Crippen LogP contribution is 2.29. The van der Waals surface area contributed by atoms with Crippen molar-refractivity contribution in [3.8, 4) is 0 Å². The molecule has 1 fully saturated rings. The van der Waals surface area contributed by atoms with Gasteiger partial charge in [0, 0.05) is 13.6 Å². The van der Waals surface area contributed by atoms with Gasteiger partial charge >= 0.3 is 5.97 Å². The van der Waals surface area contributed by atoms with Crippen LogP contribution in [0.15, 0.2) is 0 Å². The normalized spacial score (nSPS) is 16.5. The minimum absolute atomic E-state index is 0.396. The molecule has 1 aliphatic carbocycles. The Morgan fingerprint density at radius 2 is 2.11 bits per heavy atom. The average Bonchev–Trinajstić information content (AvgIpc) is 2.84. The molecule has 106 valence electrons. The van der Waals surface area contributed by atoms with Crippen LogP contribution in [0, 0.1) is 5.92 Å². The zero-order chi connectivity index (χ0) is 13.8. The second-order valence-electron chi connectivity index (χ2n) is 5.32. The van der Waals surface area contributed by atoms with Crippen molar-refractivity contribution in [1.82, 2.24) is 4.98 Å². The van der Waals surface area contributed by atoms with Gasteiger partial charge in [-0.25, -0.2) is 9.78 Å². The van der Waals surface area contributed by atoms with Crippen molar-refractivity contribution < 1.29 is 9.90 Å². The van der Waals surface area contributed by atoms with Gasteiger partial charge in [0.2, 0.25) is 0 Å². The maximum Gasteiger partial charge on any atom is 0.347 e. The van der Waals surface area contributed by atoms with E-state index in [4.69, 9.17) is 5.11 Å². The van der Waals surface area contributed by atoms with Crippen LogP contribution in [0.1, 0.15) is 54.4 Å². The number of carboxylic acids is 1. The fourth-order valence-corrected chi connectivity index (χ4v) is 3.71. The average molecular weight is 282 g/mol. The number of carbonyl (C=O) groups is 1. The number of hydrogen-bond donors (Lipinski definition) is 1. The summed E-state index contributed by atoms with van der Waals surface area (Å²) in [4.78, 5) is 18.2. The molecular weight excluding hydrogens is 260 g/mol. The Morgan fingerprint density at radius 1 is 1.42 bits per heavy atom. The minimum atomic E-state index is -0.855. The molecule has 1 N–H and O–H groups in total. The Morgan fingerprint density at radius 3 is 2.63 bits per heavy atom. The van der Waals surface area contributed by atoms with E-state index >= 15 is 0 Å². The highest BCUT2D eigenvalue weighted by Gasteiger charge is 2.20.